The van der Waals surface area contributed by atoms with Crippen LogP contribution in [0, 0.1) is 0 Å². The van der Waals surface area contributed by atoms with Crippen molar-refractivity contribution in [3.05, 3.63) is 52.0 Å². The number of carbonyl (C=O) groups is 1. The van der Waals surface area contributed by atoms with Crippen LogP contribution in [0.5, 0.6) is 0 Å². The molecule has 106 valence electrons. The van der Waals surface area contributed by atoms with Crippen molar-refractivity contribution in [1.29, 1.82) is 0 Å². The third-order valence-electron chi connectivity index (χ3n) is 3.02. The molecule has 0 saturated heterocycles. The third-order valence-corrected chi connectivity index (χ3v) is 3.92. The fourth-order valence-electron chi connectivity index (χ4n) is 1.90. The Kier molecular flexibility index (Phi) is 5.74. The van der Waals surface area contributed by atoms with E-state index in [2.05, 4.69) is 29.4 Å². The van der Waals surface area contributed by atoms with Crippen LogP contribution in [-0.4, -0.2) is 10.9 Å². The number of carbonyl (C=O) groups excluding carboxylic acids is 1. The van der Waals surface area contributed by atoms with Crippen molar-refractivity contribution in [2.75, 3.05) is 0 Å². The zero-order valence-corrected chi connectivity index (χ0v) is 12.6. The summed E-state index contributed by atoms with van der Waals surface area (Å²) in [6, 6.07) is 10.3. The molecule has 1 aromatic carbocycles. The van der Waals surface area contributed by atoms with Gasteiger partial charge in [-0.3, -0.25) is 4.79 Å². The lowest BCUT2D eigenvalue weighted by molar-refractivity contribution is -0.121. The van der Waals surface area contributed by atoms with Gasteiger partial charge in [0.2, 0.25) is 5.91 Å². The summed E-state index contributed by atoms with van der Waals surface area (Å²) in [7, 11) is 0. The van der Waals surface area contributed by atoms with Crippen molar-refractivity contribution in [3.8, 4) is 0 Å². The molecule has 0 saturated carbocycles. The molecule has 1 amide bonds. The van der Waals surface area contributed by atoms with Gasteiger partial charge in [-0.15, -0.1) is 11.3 Å². The van der Waals surface area contributed by atoms with Gasteiger partial charge in [-0.05, 0) is 12.0 Å². The van der Waals surface area contributed by atoms with Crippen molar-refractivity contribution < 1.29 is 4.79 Å². The van der Waals surface area contributed by atoms with E-state index in [-0.39, 0.29) is 5.91 Å². The molecule has 2 aromatic rings. The van der Waals surface area contributed by atoms with E-state index in [4.69, 9.17) is 0 Å². The third kappa shape index (κ3) is 4.78. The Morgan fingerprint density at radius 3 is 2.85 bits per heavy atom. The molecule has 1 N–H and O–H groups in total. The smallest absolute Gasteiger partial charge is 0.220 e. The molecule has 1 aromatic heterocycles. The van der Waals surface area contributed by atoms with Gasteiger partial charge in [0.25, 0.3) is 0 Å². The Morgan fingerprint density at radius 2 is 2.10 bits per heavy atom. The molecule has 0 radical (unpaired) electrons. The fraction of sp³-hybridized carbons (Fsp3) is 0.375. The second-order valence-corrected chi connectivity index (χ2v) is 5.72. The van der Waals surface area contributed by atoms with Crippen LogP contribution in [0.25, 0.3) is 0 Å². The largest absolute Gasteiger partial charge is 0.350 e. The Labute approximate surface area is 124 Å². The van der Waals surface area contributed by atoms with Crippen LogP contribution < -0.4 is 5.32 Å². The standard InChI is InChI=1S/C16H20N2OS/c1-2-3-9-15(19)17-11-14-12-20-16(18-14)10-13-7-5-4-6-8-13/h4-8,12H,2-3,9-11H2,1H3,(H,17,19). The molecular formula is C16H20N2OS. The van der Waals surface area contributed by atoms with Gasteiger partial charge >= 0.3 is 0 Å². The van der Waals surface area contributed by atoms with Gasteiger partial charge in [0.15, 0.2) is 0 Å². The Hall–Kier alpha value is -1.68. The molecule has 0 unspecified atom stereocenters. The van der Waals surface area contributed by atoms with E-state index in [1.165, 1.54) is 5.56 Å². The molecule has 0 aliphatic heterocycles. The number of rotatable bonds is 7. The number of benzene rings is 1. The molecule has 3 nitrogen and oxygen atoms in total. The fourth-order valence-corrected chi connectivity index (χ4v) is 2.72. The summed E-state index contributed by atoms with van der Waals surface area (Å²) >= 11 is 1.65. The molecule has 0 spiro atoms. The molecular weight excluding hydrogens is 268 g/mol. The predicted octanol–water partition coefficient (Wildman–Crippen LogP) is 3.54. The van der Waals surface area contributed by atoms with E-state index in [1.807, 2.05) is 23.6 Å². The average Bonchev–Trinajstić information content (AvgIpc) is 2.91. The molecule has 0 fully saturated rings. The number of hydrogen-bond donors (Lipinski definition) is 1. The number of amides is 1. The second-order valence-electron chi connectivity index (χ2n) is 4.78. The van der Waals surface area contributed by atoms with Gasteiger partial charge in [-0.1, -0.05) is 43.7 Å². The van der Waals surface area contributed by atoms with E-state index in [9.17, 15) is 4.79 Å². The topological polar surface area (TPSA) is 42.0 Å². The number of unbranched alkanes of at least 4 members (excludes halogenated alkanes) is 1. The van der Waals surface area contributed by atoms with Crippen molar-refractivity contribution in [2.45, 2.75) is 39.2 Å². The van der Waals surface area contributed by atoms with Crippen LogP contribution in [0.2, 0.25) is 0 Å². The lowest BCUT2D eigenvalue weighted by Crippen LogP contribution is -2.22. The minimum atomic E-state index is 0.115. The molecule has 20 heavy (non-hydrogen) atoms. The molecule has 0 aliphatic carbocycles. The molecule has 0 atom stereocenters. The highest BCUT2D eigenvalue weighted by Crippen LogP contribution is 2.14. The van der Waals surface area contributed by atoms with Gasteiger partial charge in [0.05, 0.1) is 17.2 Å². The first kappa shape index (κ1) is 14.7. The molecule has 0 aliphatic rings. The molecule has 4 heteroatoms. The maximum Gasteiger partial charge on any atom is 0.220 e. The predicted molar refractivity (Wildman–Crippen MR) is 82.7 cm³/mol. The van der Waals surface area contributed by atoms with Gasteiger partial charge < -0.3 is 5.32 Å². The molecule has 2 rings (SSSR count). The number of aromatic nitrogens is 1. The summed E-state index contributed by atoms with van der Waals surface area (Å²) in [6.45, 7) is 2.62. The quantitative estimate of drug-likeness (QED) is 0.846. The van der Waals surface area contributed by atoms with Crippen molar-refractivity contribution in [1.82, 2.24) is 10.3 Å². The highest BCUT2D eigenvalue weighted by atomic mass is 32.1. The van der Waals surface area contributed by atoms with Crippen LogP contribution in [0.1, 0.15) is 42.5 Å². The van der Waals surface area contributed by atoms with Gasteiger partial charge in [0, 0.05) is 18.2 Å². The minimum Gasteiger partial charge on any atom is -0.350 e. The first-order valence-electron chi connectivity index (χ1n) is 7.02. The Bertz CT molecular complexity index is 536. The van der Waals surface area contributed by atoms with E-state index in [1.54, 1.807) is 11.3 Å². The first-order valence-corrected chi connectivity index (χ1v) is 7.90. The van der Waals surface area contributed by atoms with Gasteiger partial charge in [0.1, 0.15) is 0 Å². The second kappa shape index (κ2) is 7.80. The lowest BCUT2D eigenvalue weighted by Gasteiger charge is -2.02. The zero-order chi connectivity index (χ0) is 14.2. The number of nitrogens with one attached hydrogen (secondary N) is 1. The number of thiazole rings is 1. The van der Waals surface area contributed by atoms with E-state index in [0.717, 1.165) is 30.0 Å². The summed E-state index contributed by atoms with van der Waals surface area (Å²) in [4.78, 5) is 16.1. The van der Waals surface area contributed by atoms with Crippen LogP contribution in [-0.2, 0) is 17.8 Å². The minimum absolute atomic E-state index is 0.115. The summed E-state index contributed by atoms with van der Waals surface area (Å²) < 4.78 is 0. The highest BCUT2D eigenvalue weighted by molar-refractivity contribution is 7.09. The average molecular weight is 288 g/mol. The van der Waals surface area contributed by atoms with E-state index < -0.39 is 0 Å². The van der Waals surface area contributed by atoms with E-state index >= 15 is 0 Å². The summed E-state index contributed by atoms with van der Waals surface area (Å²) in [5.74, 6) is 0.115. The van der Waals surface area contributed by atoms with Gasteiger partial charge in [-0.25, -0.2) is 4.98 Å². The monoisotopic (exact) mass is 288 g/mol. The van der Waals surface area contributed by atoms with E-state index in [0.29, 0.717) is 13.0 Å². The molecule has 0 bridgehead atoms. The normalized spacial score (nSPS) is 10.4. The maximum atomic E-state index is 11.5. The summed E-state index contributed by atoms with van der Waals surface area (Å²) in [6.07, 6.45) is 3.46. The zero-order valence-electron chi connectivity index (χ0n) is 11.8. The molecule has 1 heterocycles. The number of nitrogens with zero attached hydrogens (tertiary/aromatic N) is 1. The van der Waals surface area contributed by atoms with Crippen molar-refractivity contribution in [3.63, 3.8) is 0 Å². The Balaban J connectivity index is 1.82. The van der Waals surface area contributed by atoms with Gasteiger partial charge in [-0.2, -0.15) is 0 Å². The Morgan fingerprint density at radius 1 is 1.30 bits per heavy atom. The maximum absolute atomic E-state index is 11.5. The summed E-state index contributed by atoms with van der Waals surface area (Å²) in [5.41, 5.74) is 2.21. The SMILES string of the molecule is CCCCC(=O)NCc1csc(Cc2ccccc2)n1. The highest BCUT2D eigenvalue weighted by Gasteiger charge is 2.05. The van der Waals surface area contributed by atoms with Crippen molar-refractivity contribution >= 4 is 17.2 Å². The lowest BCUT2D eigenvalue weighted by atomic mass is 10.2. The van der Waals surface area contributed by atoms with Crippen LogP contribution >= 0.6 is 11.3 Å². The van der Waals surface area contributed by atoms with Crippen LogP contribution in [0.4, 0.5) is 0 Å². The number of hydrogen-bond acceptors (Lipinski definition) is 3. The summed E-state index contributed by atoms with van der Waals surface area (Å²) in [5, 5.41) is 6.03. The first-order chi connectivity index (χ1) is 9.78. The van der Waals surface area contributed by atoms with Crippen LogP contribution in [0.3, 0.4) is 0 Å². The van der Waals surface area contributed by atoms with Crippen molar-refractivity contribution in [2.24, 2.45) is 0 Å². The van der Waals surface area contributed by atoms with Crippen LogP contribution in [0.15, 0.2) is 35.7 Å².